The van der Waals surface area contributed by atoms with Crippen LogP contribution in [0.1, 0.15) is 24.5 Å². The SMILES string of the molecule is C#CCN1C(=O)C(c2ccccc2)Oc2cc(F)c(-c3c(Cl)n4n(c3=O)CCCC4)cc21. The molecule has 0 N–H and O–H groups in total. The lowest BCUT2D eigenvalue weighted by molar-refractivity contribution is -0.126. The van der Waals surface area contributed by atoms with Crippen molar-refractivity contribution in [2.75, 3.05) is 11.4 Å². The van der Waals surface area contributed by atoms with Gasteiger partial charge >= 0.3 is 0 Å². The van der Waals surface area contributed by atoms with Gasteiger partial charge in [0.25, 0.3) is 11.5 Å². The molecule has 0 saturated heterocycles. The number of anilines is 1. The molecule has 1 aromatic heterocycles. The Bertz CT molecular complexity index is 1320. The van der Waals surface area contributed by atoms with Gasteiger partial charge in [-0.15, -0.1) is 6.42 Å². The molecule has 2 aliphatic rings. The molecule has 8 heteroatoms. The van der Waals surface area contributed by atoms with E-state index in [4.69, 9.17) is 22.8 Å². The van der Waals surface area contributed by atoms with Crippen LogP contribution in [0.2, 0.25) is 5.15 Å². The summed E-state index contributed by atoms with van der Waals surface area (Å²) in [6, 6.07) is 11.6. The van der Waals surface area contributed by atoms with Crippen LogP contribution in [-0.2, 0) is 17.9 Å². The number of terminal acetylenes is 1. The molecule has 5 rings (SSSR count). The summed E-state index contributed by atoms with van der Waals surface area (Å²) in [5, 5.41) is 0.183. The molecule has 6 nitrogen and oxygen atoms in total. The van der Waals surface area contributed by atoms with Crippen molar-refractivity contribution in [3.63, 3.8) is 0 Å². The maximum atomic E-state index is 15.3. The number of ether oxygens (including phenoxy) is 1. The Morgan fingerprint density at radius 2 is 1.84 bits per heavy atom. The van der Waals surface area contributed by atoms with E-state index in [0.29, 0.717) is 24.3 Å². The fraction of sp³-hybridized carbons (Fsp3) is 0.250. The van der Waals surface area contributed by atoms with Gasteiger partial charge in [-0.05, 0) is 18.9 Å². The highest BCUT2D eigenvalue weighted by Gasteiger charge is 2.37. The van der Waals surface area contributed by atoms with Crippen LogP contribution in [0.5, 0.6) is 5.75 Å². The molecule has 1 amide bonds. The first-order chi connectivity index (χ1) is 15.5. The second kappa shape index (κ2) is 7.88. The van der Waals surface area contributed by atoms with Gasteiger partial charge in [-0.25, -0.2) is 9.07 Å². The summed E-state index contributed by atoms with van der Waals surface area (Å²) in [4.78, 5) is 27.6. The van der Waals surface area contributed by atoms with Gasteiger partial charge in [0.05, 0.1) is 17.8 Å². The molecule has 0 bridgehead atoms. The second-order valence-corrected chi connectivity index (χ2v) is 8.12. The van der Waals surface area contributed by atoms with Crippen molar-refractivity contribution in [3.05, 3.63) is 69.4 Å². The Morgan fingerprint density at radius 3 is 2.53 bits per heavy atom. The monoisotopic (exact) mass is 451 g/mol. The lowest BCUT2D eigenvalue weighted by Crippen LogP contribution is -2.41. The predicted molar refractivity (Wildman–Crippen MR) is 119 cm³/mol. The number of aromatic nitrogens is 2. The smallest absolute Gasteiger partial charge is 0.276 e. The quantitative estimate of drug-likeness (QED) is 0.565. The summed E-state index contributed by atoms with van der Waals surface area (Å²) in [7, 11) is 0. The zero-order valence-corrected chi connectivity index (χ0v) is 17.8. The highest BCUT2D eigenvalue weighted by Crippen LogP contribution is 2.43. The lowest BCUT2D eigenvalue weighted by atomic mass is 10.0. The van der Waals surface area contributed by atoms with Crippen LogP contribution in [0.3, 0.4) is 0 Å². The molecule has 0 aliphatic carbocycles. The van der Waals surface area contributed by atoms with E-state index in [1.54, 1.807) is 28.9 Å². The van der Waals surface area contributed by atoms with Crippen molar-refractivity contribution in [1.29, 1.82) is 0 Å². The number of benzene rings is 2. The number of halogens is 2. The summed E-state index contributed by atoms with van der Waals surface area (Å²) >= 11 is 6.50. The summed E-state index contributed by atoms with van der Waals surface area (Å²) in [6.45, 7) is 1.08. The first-order valence-electron chi connectivity index (χ1n) is 10.3. The second-order valence-electron chi connectivity index (χ2n) is 7.76. The third kappa shape index (κ3) is 3.10. The minimum atomic E-state index is -0.946. The van der Waals surface area contributed by atoms with Crippen LogP contribution < -0.4 is 15.2 Å². The minimum absolute atomic E-state index is 0.0183. The molecule has 1 unspecified atom stereocenters. The van der Waals surface area contributed by atoms with Crippen molar-refractivity contribution < 1.29 is 13.9 Å². The average Bonchev–Trinajstić information content (AvgIpc) is 3.06. The van der Waals surface area contributed by atoms with Gasteiger partial charge in [0, 0.05) is 30.3 Å². The van der Waals surface area contributed by atoms with Gasteiger partial charge in [-0.2, -0.15) is 0 Å². The molecule has 0 saturated carbocycles. The molecule has 0 spiro atoms. The highest BCUT2D eigenvalue weighted by molar-refractivity contribution is 6.32. The largest absolute Gasteiger partial charge is 0.473 e. The van der Waals surface area contributed by atoms with E-state index in [9.17, 15) is 9.59 Å². The van der Waals surface area contributed by atoms with Crippen molar-refractivity contribution in [1.82, 2.24) is 9.36 Å². The van der Waals surface area contributed by atoms with Crippen molar-refractivity contribution in [2.24, 2.45) is 0 Å². The normalized spacial score (nSPS) is 17.3. The molecule has 0 fully saturated rings. The van der Waals surface area contributed by atoms with Crippen LogP contribution >= 0.6 is 11.6 Å². The summed E-state index contributed by atoms with van der Waals surface area (Å²) in [6.07, 6.45) is 6.31. The number of hydrogen-bond donors (Lipinski definition) is 0. The van der Waals surface area contributed by atoms with Gasteiger partial charge in [-0.3, -0.25) is 19.2 Å². The lowest BCUT2D eigenvalue weighted by Gasteiger charge is -2.34. The van der Waals surface area contributed by atoms with E-state index < -0.39 is 11.9 Å². The van der Waals surface area contributed by atoms with Crippen LogP contribution in [-0.4, -0.2) is 21.8 Å². The number of rotatable bonds is 3. The molecule has 2 aliphatic heterocycles. The number of nitrogens with zero attached hydrogens (tertiary/aromatic N) is 3. The van der Waals surface area contributed by atoms with Crippen LogP contribution in [0.25, 0.3) is 11.1 Å². The van der Waals surface area contributed by atoms with Gasteiger partial charge in [0.1, 0.15) is 16.7 Å². The first-order valence-corrected chi connectivity index (χ1v) is 10.7. The fourth-order valence-corrected chi connectivity index (χ4v) is 4.68. The van der Waals surface area contributed by atoms with Gasteiger partial charge < -0.3 is 4.74 Å². The third-order valence-corrected chi connectivity index (χ3v) is 6.24. The first kappa shape index (κ1) is 20.4. The standard InChI is InChI=1S/C24H19ClFN3O3/c1-2-10-27-18-13-16(20-22(25)28-11-6-7-12-29(28)23(20)30)17(26)14-19(18)32-21(24(27)31)15-8-4-3-5-9-15/h1,3-5,8-9,13-14,21H,6-7,10-12H2. The third-order valence-electron chi connectivity index (χ3n) is 5.86. The molecule has 3 aromatic rings. The van der Waals surface area contributed by atoms with Crippen molar-refractivity contribution in [3.8, 4) is 29.2 Å². The number of carbonyl (C=O) groups is 1. The zero-order chi connectivity index (χ0) is 22.4. The Kier molecular flexibility index (Phi) is 5.03. The molecule has 2 aromatic carbocycles. The number of amides is 1. The Balaban J connectivity index is 1.66. The Morgan fingerprint density at radius 1 is 1.12 bits per heavy atom. The van der Waals surface area contributed by atoms with E-state index in [1.165, 1.54) is 21.7 Å². The summed E-state index contributed by atoms with van der Waals surface area (Å²) in [5.74, 6) is 1.63. The minimum Gasteiger partial charge on any atom is -0.473 e. The predicted octanol–water partition coefficient (Wildman–Crippen LogP) is 4.00. The summed E-state index contributed by atoms with van der Waals surface area (Å²) < 4.78 is 24.4. The van der Waals surface area contributed by atoms with Gasteiger partial charge in [0.15, 0.2) is 0 Å². The van der Waals surface area contributed by atoms with Gasteiger partial charge in [0.2, 0.25) is 6.10 Å². The van der Waals surface area contributed by atoms with Crippen molar-refractivity contribution >= 4 is 23.2 Å². The fourth-order valence-electron chi connectivity index (χ4n) is 4.32. The number of hydrogen-bond acceptors (Lipinski definition) is 3. The molecular weight excluding hydrogens is 433 g/mol. The van der Waals surface area contributed by atoms with E-state index in [2.05, 4.69) is 5.92 Å². The molecule has 1 atom stereocenters. The highest BCUT2D eigenvalue weighted by atomic mass is 35.5. The van der Waals surface area contributed by atoms with E-state index in [0.717, 1.165) is 12.8 Å². The number of fused-ring (bicyclic) bond motifs is 2. The summed E-state index contributed by atoms with van der Waals surface area (Å²) in [5.41, 5.74) is 0.677. The maximum Gasteiger partial charge on any atom is 0.276 e. The Hall–Kier alpha value is -3.50. The van der Waals surface area contributed by atoms with E-state index >= 15 is 4.39 Å². The average molecular weight is 452 g/mol. The van der Waals surface area contributed by atoms with Crippen LogP contribution in [0.4, 0.5) is 10.1 Å². The molecule has 162 valence electrons. The topological polar surface area (TPSA) is 56.5 Å². The van der Waals surface area contributed by atoms with Gasteiger partial charge in [-0.1, -0.05) is 47.9 Å². The van der Waals surface area contributed by atoms with Crippen LogP contribution in [0, 0.1) is 18.2 Å². The van der Waals surface area contributed by atoms with Crippen LogP contribution in [0.15, 0.2) is 47.3 Å². The number of carbonyl (C=O) groups excluding carboxylic acids is 1. The van der Waals surface area contributed by atoms with E-state index in [-0.39, 0.29) is 40.0 Å². The van der Waals surface area contributed by atoms with Crippen molar-refractivity contribution in [2.45, 2.75) is 32.0 Å². The molecule has 3 heterocycles. The maximum absolute atomic E-state index is 15.3. The zero-order valence-electron chi connectivity index (χ0n) is 17.1. The molecular formula is C24H19ClFN3O3. The van der Waals surface area contributed by atoms with E-state index in [1.807, 2.05) is 6.07 Å². The molecule has 32 heavy (non-hydrogen) atoms. The molecule has 0 radical (unpaired) electrons. The Labute approximate surface area is 188 Å².